The summed E-state index contributed by atoms with van der Waals surface area (Å²) in [6, 6.07) is 16.3. The van der Waals surface area contributed by atoms with Crippen molar-refractivity contribution in [2.45, 2.75) is 12.1 Å². The van der Waals surface area contributed by atoms with Crippen LogP contribution in [0.5, 0.6) is 0 Å². The summed E-state index contributed by atoms with van der Waals surface area (Å²) in [7, 11) is 0. The van der Waals surface area contributed by atoms with E-state index in [1.165, 1.54) is 12.1 Å². The van der Waals surface area contributed by atoms with Crippen molar-refractivity contribution in [1.29, 1.82) is 0 Å². The summed E-state index contributed by atoms with van der Waals surface area (Å²) in [5, 5.41) is 12.2. The number of aromatic nitrogens is 1. The minimum Gasteiger partial charge on any atom is -0.389 e. The van der Waals surface area contributed by atoms with Crippen molar-refractivity contribution in [3.63, 3.8) is 0 Å². The largest absolute Gasteiger partial charge is 0.389 e. The first kappa shape index (κ1) is 19.8. The standard InChI is InChI=1S/C21H23FN2O2.ClH/c22-18-6-3-5-17(14-18)21(20(25)15-23-10-12-26-13-11-23)24-9-8-16-4-1-2-7-19(16)24;/h1-9,14,20-21,25H,10-13,15H2;1H/t20-,21-;/m1./s1. The van der Waals surface area contributed by atoms with Gasteiger partial charge in [0.15, 0.2) is 0 Å². The molecule has 144 valence electrons. The third-order valence-electron chi connectivity index (χ3n) is 5.03. The van der Waals surface area contributed by atoms with E-state index in [0.29, 0.717) is 19.8 Å². The Morgan fingerprint density at radius 3 is 2.59 bits per heavy atom. The fourth-order valence-corrected chi connectivity index (χ4v) is 3.75. The highest BCUT2D eigenvalue weighted by atomic mass is 35.5. The average Bonchev–Trinajstić information content (AvgIpc) is 3.07. The third kappa shape index (κ3) is 4.33. The van der Waals surface area contributed by atoms with Crippen LogP contribution >= 0.6 is 12.4 Å². The lowest BCUT2D eigenvalue weighted by Gasteiger charge is -2.33. The Bertz CT molecular complexity index is 879. The molecule has 0 radical (unpaired) electrons. The topological polar surface area (TPSA) is 37.6 Å². The smallest absolute Gasteiger partial charge is 0.123 e. The van der Waals surface area contributed by atoms with Gasteiger partial charge in [-0.2, -0.15) is 0 Å². The van der Waals surface area contributed by atoms with Crippen LogP contribution in [0.2, 0.25) is 0 Å². The van der Waals surface area contributed by atoms with Crippen molar-refractivity contribution >= 4 is 23.3 Å². The molecular formula is C21H24ClFN2O2. The van der Waals surface area contributed by atoms with Gasteiger partial charge in [-0.05, 0) is 35.2 Å². The number of hydrogen-bond donors (Lipinski definition) is 1. The molecular weight excluding hydrogens is 367 g/mol. The molecule has 0 unspecified atom stereocenters. The van der Waals surface area contributed by atoms with Crippen LogP contribution in [0.25, 0.3) is 10.9 Å². The summed E-state index contributed by atoms with van der Waals surface area (Å²) < 4.78 is 21.3. The van der Waals surface area contributed by atoms with E-state index in [4.69, 9.17) is 4.74 Å². The lowest BCUT2D eigenvalue weighted by Crippen LogP contribution is -2.43. The van der Waals surface area contributed by atoms with E-state index in [2.05, 4.69) is 9.47 Å². The fourth-order valence-electron chi connectivity index (χ4n) is 3.75. The van der Waals surface area contributed by atoms with Crippen molar-refractivity contribution in [3.8, 4) is 0 Å². The number of rotatable bonds is 5. The van der Waals surface area contributed by atoms with Gasteiger partial charge in [0.1, 0.15) is 5.82 Å². The summed E-state index contributed by atoms with van der Waals surface area (Å²) in [4.78, 5) is 2.20. The minimum atomic E-state index is -0.661. The zero-order chi connectivity index (χ0) is 17.9. The van der Waals surface area contributed by atoms with Crippen LogP contribution in [-0.4, -0.2) is 53.5 Å². The molecule has 0 amide bonds. The molecule has 1 N–H and O–H groups in total. The quantitative estimate of drug-likeness (QED) is 0.724. The van der Waals surface area contributed by atoms with Crippen molar-refractivity contribution < 1.29 is 14.2 Å². The van der Waals surface area contributed by atoms with Gasteiger partial charge in [0.2, 0.25) is 0 Å². The first-order chi connectivity index (χ1) is 12.7. The Balaban J connectivity index is 0.00000210. The predicted octanol–water partition coefficient (Wildman–Crippen LogP) is 3.48. The highest BCUT2D eigenvalue weighted by Gasteiger charge is 2.27. The van der Waals surface area contributed by atoms with Gasteiger partial charge in [-0.3, -0.25) is 4.90 Å². The van der Waals surface area contributed by atoms with Crippen molar-refractivity contribution in [3.05, 3.63) is 72.2 Å². The summed E-state index contributed by atoms with van der Waals surface area (Å²) in [5.41, 5.74) is 1.80. The van der Waals surface area contributed by atoms with Gasteiger partial charge in [0, 0.05) is 31.3 Å². The molecule has 1 aliphatic rings. The molecule has 2 heterocycles. The number of hydrogen-bond acceptors (Lipinski definition) is 3. The zero-order valence-corrected chi connectivity index (χ0v) is 15.8. The number of aliphatic hydroxyl groups is 1. The SMILES string of the molecule is Cl.O[C@H](CN1CCOCC1)[C@@H](c1cccc(F)c1)n1ccc2ccccc21. The van der Waals surface area contributed by atoms with Gasteiger partial charge in [-0.1, -0.05) is 30.3 Å². The maximum atomic E-state index is 13.9. The molecule has 6 heteroatoms. The second kappa shape index (κ2) is 8.85. The average molecular weight is 391 g/mol. The maximum absolute atomic E-state index is 13.9. The van der Waals surface area contributed by atoms with E-state index in [-0.39, 0.29) is 24.3 Å². The van der Waals surface area contributed by atoms with Crippen LogP contribution in [0.4, 0.5) is 4.39 Å². The summed E-state index contributed by atoms with van der Waals surface area (Å²) >= 11 is 0. The van der Waals surface area contributed by atoms with E-state index < -0.39 is 6.10 Å². The summed E-state index contributed by atoms with van der Waals surface area (Å²) in [6.07, 6.45) is 1.31. The number of aliphatic hydroxyl groups excluding tert-OH is 1. The van der Waals surface area contributed by atoms with Gasteiger partial charge in [0.25, 0.3) is 0 Å². The molecule has 4 rings (SSSR count). The lowest BCUT2D eigenvalue weighted by molar-refractivity contribution is 0.00700. The van der Waals surface area contributed by atoms with Crippen LogP contribution in [0.15, 0.2) is 60.8 Å². The van der Waals surface area contributed by atoms with Crippen LogP contribution < -0.4 is 0 Å². The number of morpholine rings is 1. The van der Waals surface area contributed by atoms with Crippen LogP contribution in [-0.2, 0) is 4.74 Å². The number of benzene rings is 2. The fraction of sp³-hybridized carbons (Fsp3) is 0.333. The van der Waals surface area contributed by atoms with E-state index in [1.54, 1.807) is 6.07 Å². The van der Waals surface area contributed by atoms with Gasteiger partial charge >= 0.3 is 0 Å². The monoisotopic (exact) mass is 390 g/mol. The van der Waals surface area contributed by atoms with E-state index in [9.17, 15) is 9.50 Å². The molecule has 0 spiro atoms. The molecule has 4 nitrogen and oxygen atoms in total. The molecule has 1 aromatic heterocycles. The van der Waals surface area contributed by atoms with Gasteiger partial charge in [-0.15, -0.1) is 12.4 Å². The number of para-hydroxylation sites is 1. The lowest BCUT2D eigenvalue weighted by atomic mass is 10.00. The molecule has 0 bridgehead atoms. The normalized spacial score (nSPS) is 17.4. The minimum absolute atomic E-state index is 0. The highest BCUT2D eigenvalue weighted by molar-refractivity contribution is 5.85. The number of fused-ring (bicyclic) bond motifs is 1. The molecule has 3 aromatic rings. The summed E-state index contributed by atoms with van der Waals surface area (Å²) in [5.74, 6) is -0.289. The number of β-amino-alcohol motifs (C(OH)–C–C–N with tert-alkyl or cyclic N) is 1. The number of halogens is 2. The van der Waals surface area contributed by atoms with Crippen LogP contribution in [0, 0.1) is 5.82 Å². The zero-order valence-electron chi connectivity index (χ0n) is 15.0. The van der Waals surface area contributed by atoms with Crippen LogP contribution in [0.3, 0.4) is 0 Å². The highest BCUT2D eigenvalue weighted by Crippen LogP contribution is 2.29. The first-order valence-corrected chi connectivity index (χ1v) is 9.01. The predicted molar refractivity (Wildman–Crippen MR) is 107 cm³/mol. The maximum Gasteiger partial charge on any atom is 0.123 e. The van der Waals surface area contributed by atoms with E-state index in [1.807, 2.05) is 42.6 Å². The van der Waals surface area contributed by atoms with Crippen molar-refractivity contribution in [2.75, 3.05) is 32.8 Å². The van der Waals surface area contributed by atoms with Gasteiger partial charge in [0.05, 0.1) is 25.4 Å². The molecule has 27 heavy (non-hydrogen) atoms. The summed E-state index contributed by atoms with van der Waals surface area (Å²) in [6.45, 7) is 3.50. The number of nitrogens with zero attached hydrogens (tertiary/aromatic N) is 2. The molecule has 0 aliphatic carbocycles. The third-order valence-corrected chi connectivity index (χ3v) is 5.03. The van der Waals surface area contributed by atoms with Gasteiger partial charge < -0.3 is 14.4 Å². The molecule has 1 fully saturated rings. The Morgan fingerprint density at radius 2 is 1.81 bits per heavy atom. The Kier molecular flexibility index (Phi) is 6.50. The van der Waals surface area contributed by atoms with E-state index in [0.717, 1.165) is 29.6 Å². The van der Waals surface area contributed by atoms with Crippen molar-refractivity contribution in [1.82, 2.24) is 9.47 Å². The first-order valence-electron chi connectivity index (χ1n) is 9.01. The molecule has 1 saturated heterocycles. The molecule has 2 atom stereocenters. The Morgan fingerprint density at radius 1 is 1.04 bits per heavy atom. The molecule has 1 aliphatic heterocycles. The molecule has 0 saturated carbocycles. The van der Waals surface area contributed by atoms with Crippen LogP contribution in [0.1, 0.15) is 11.6 Å². The number of ether oxygens (including phenoxy) is 1. The van der Waals surface area contributed by atoms with E-state index >= 15 is 0 Å². The van der Waals surface area contributed by atoms with Gasteiger partial charge in [-0.25, -0.2) is 4.39 Å². The Labute approximate surface area is 164 Å². The second-order valence-corrected chi connectivity index (χ2v) is 6.76. The second-order valence-electron chi connectivity index (χ2n) is 6.76. The molecule has 2 aromatic carbocycles. The van der Waals surface area contributed by atoms with Crippen molar-refractivity contribution in [2.24, 2.45) is 0 Å². The Hall–Kier alpha value is -1.92.